The minimum atomic E-state index is -0.733. The van der Waals surface area contributed by atoms with E-state index in [-0.39, 0.29) is 6.54 Å². The molecule has 3 nitrogen and oxygen atoms in total. The van der Waals surface area contributed by atoms with Crippen molar-refractivity contribution < 1.29 is 9.90 Å². The molecular formula is C10H19NO2. The van der Waals surface area contributed by atoms with Crippen molar-refractivity contribution in [2.75, 3.05) is 13.6 Å². The van der Waals surface area contributed by atoms with E-state index in [9.17, 15) is 4.79 Å². The molecule has 1 fully saturated rings. The fraction of sp³-hybridized carbons (Fsp3) is 0.900. The smallest absolute Gasteiger partial charge is 0.317 e. The van der Waals surface area contributed by atoms with Gasteiger partial charge in [-0.2, -0.15) is 0 Å². The fourth-order valence-electron chi connectivity index (χ4n) is 1.76. The minimum Gasteiger partial charge on any atom is -0.480 e. The molecular weight excluding hydrogens is 166 g/mol. The number of nitrogens with zero attached hydrogens (tertiary/aromatic N) is 1. The highest BCUT2D eigenvalue weighted by Crippen LogP contribution is 2.31. The second-order valence-electron chi connectivity index (χ2n) is 4.19. The van der Waals surface area contributed by atoms with Gasteiger partial charge in [-0.3, -0.25) is 9.69 Å². The highest BCUT2D eigenvalue weighted by atomic mass is 16.4. The molecule has 1 unspecified atom stereocenters. The van der Waals surface area contributed by atoms with Crippen LogP contribution in [0.15, 0.2) is 0 Å². The predicted octanol–water partition coefficient (Wildman–Crippen LogP) is 1.58. The van der Waals surface area contributed by atoms with Crippen LogP contribution in [0.1, 0.15) is 32.6 Å². The molecule has 1 aliphatic carbocycles. The first-order chi connectivity index (χ1) is 6.09. The molecule has 0 spiro atoms. The summed E-state index contributed by atoms with van der Waals surface area (Å²) in [6.07, 6.45) is 5.19. The van der Waals surface area contributed by atoms with Gasteiger partial charge in [0.25, 0.3) is 0 Å². The average Bonchev–Trinajstić information content (AvgIpc) is 1.94. The van der Waals surface area contributed by atoms with Crippen LogP contribution in [0.4, 0.5) is 0 Å². The number of hydrogen-bond acceptors (Lipinski definition) is 2. The molecule has 0 aliphatic heterocycles. The van der Waals surface area contributed by atoms with Gasteiger partial charge in [0.05, 0.1) is 6.54 Å². The van der Waals surface area contributed by atoms with Gasteiger partial charge in [0.1, 0.15) is 0 Å². The normalized spacial score (nSPS) is 19.9. The zero-order valence-electron chi connectivity index (χ0n) is 8.49. The molecule has 0 radical (unpaired) electrons. The highest BCUT2D eigenvalue weighted by Gasteiger charge is 2.22. The van der Waals surface area contributed by atoms with Crippen molar-refractivity contribution in [1.29, 1.82) is 0 Å². The first-order valence-electron chi connectivity index (χ1n) is 5.01. The maximum Gasteiger partial charge on any atom is 0.317 e. The van der Waals surface area contributed by atoms with Gasteiger partial charge < -0.3 is 5.11 Å². The number of aliphatic carboxylic acids is 1. The van der Waals surface area contributed by atoms with Gasteiger partial charge in [-0.1, -0.05) is 19.3 Å². The van der Waals surface area contributed by atoms with Crippen molar-refractivity contribution in [2.24, 2.45) is 5.92 Å². The van der Waals surface area contributed by atoms with Crippen LogP contribution in [0.2, 0.25) is 0 Å². The lowest BCUT2D eigenvalue weighted by molar-refractivity contribution is -0.138. The minimum absolute atomic E-state index is 0.161. The van der Waals surface area contributed by atoms with E-state index in [1.54, 1.807) is 0 Å². The summed E-state index contributed by atoms with van der Waals surface area (Å²) >= 11 is 0. The highest BCUT2D eigenvalue weighted by molar-refractivity contribution is 5.69. The summed E-state index contributed by atoms with van der Waals surface area (Å²) in [5.41, 5.74) is 0. The van der Waals surface area contributed by atoms with E-state index in [0.29, 0.717) is 6.04 Å². The van der Waals surface area contributed by atoms with E-state index < -0.39 is 5.97 Å². The Morgan fingerprint density at radius 1 is 1.62 bits per heavy atom. The van der Waals surface area contributed by atoms with Crippen molar-refractivity contribution in [2.45, 2.75) is 38.6 Å². The molecule has 0 bridgehead atoms. The van der Waals surface area contributed by atoms with Crippen LogP contribution in [0.25, 0.3) is 0 Å². The molecule has 0 saturated heterocycles. The lowest BCUT2D eigenvalue weighted by atomic mass is 9.81. The topological polar surface area (TPSA) is 40.5 Å². The third-order valence-electron chi connectivity index (χ3n) is 3.04. The quantitative estimate of drug-likeness (QED) is 0.707. The van der Waals surface area contributed by atoms with Crippen molar-refractivity contribution in [3.05, 3.63) is 0 Å². The summed E-state index contributed by atoms with van der Waals surface area (Å²) < 4.78 is 0. The Morgan fingerprint density at radius 2 is 2.23 bits per heavy atom. The van der Waals surface area contributed by atoms with Gasteiger partial charge >= 0.3 is 5.97 Å². The molecule has 1 rings (SSSR count). The third-order valence-corrected chi connectivity index (χ3v) is 3.04. The summed E-state index contributed by atoms with van der Waals surface area (Å²) in [6.45, 7) is 2.27. The molecule has 13 heavy (non-hydrogen) atoms. The van der Waals surface area contributed by atoms with Crippen molar-refractivity contribution >= 4 is 5.97 Å². The molecule has 0 aromatic heterocycles. The van der Waals surface area contributed by atoms with Crippen molar-refractivity contribution in [3.63, 3.8) is 0 Å². The maximum atomic E-state index is 10.4. The Hall–Kier alpha value is -0.570. The Bertz CT molecular complexity index is 178. The molecule has 76 valence electrons. The fourth-order valence-corrected chi connectivity index (χ4v) is 1.76. The second kappa shape index (κ2) is 4.61. The van der Waals surface area contributed by atoms with E-state index in [1.807, 2.05) is 11.9 Å². The zero-order chi connectivity index (χ0) is 9.84. The van der Waals surface area contributed by atoms with Crippen LogP contribution in [0.3, 0.4) is 0 Å². The number of hydrogen-bond donors (Lipinski definition) is 1. The van der Waals surface area contributed by atoms with Crippen LogP contribution in [-0.4, -0.2) is 35.6 Å². The Kier molecular flexibility index (Phi) is 3.72. The summed E-state index contributed by atoms with van der Waals surface area (Å²) in [7, 11) is 1.89. The monoisotopic (exact) mass is 185 g/mol. The first kappa shape index (κ1) is 10.5. The SMILES string of the molecule is CC(CC1CCC1)N(C)CC(=O)O. The zero-order valence-corrected chi connectivity index (χ0v) is 8.49. The van der Waals surface area contributed by atoms with Crippen LogP contribution in [0, 0.1) is 5.92 Å². The molecule has 0 amide bonds. The number of carboxylic acid groups (broad SMARTS) is 1. The molecule has 1 N–H and O–H groups in total. The van der Waals surface area contributed by atoms with Crippen molar-refractivity contribution in [3.8, 4) is 0 Å². The molecule has 1 aliphatic rings. The standard InChI is InChI=1S/C10H19NO2/c1-8(6-9-4-3-5-9)11(2)7-10(12)13/h8-9H,3-7H2,1-2H3,(H,12,13). The lowest BCUT2D eigenvalue weighted by Crippen LogP contribution is -2.36. The molecule has 1 atom stereocenters. The number of rotatable bonds is 5. The van der Waals surface area contributed by atoms with Gasteiger partial charge in [0.15, 0.2) is 0 Å². The maximum absolute atomic E-state index is 10.4. The Morgan fingerprint density at radius 3 is 2.62 bits per heavy atom. The molecule has 3 heteroatoms. The number of likely N-dealkylation sites (N-methyl/N-ethyl adjacent to an activating group) is 1. The van der Waals surface area contributed by atoms with Crippen LogP contribution in [0.5, 0.6) is 0 Å². The Labute approximate surface area is 79.7 Å². The van der Waals surface area contributed by atoms with Crippen LogP contribution >= 0.6 is 0 Å². The van der Waals surface area contributed by atoms with Gasteiger partial charge in [-0.15, -0.1) is 0 Å². The average molecular weight is 185 g/mol. The van der Waals surface area contributed by atoms with Crippen LogP contribution in [-0.2, 0) is 4.79 Å². The third kappa shape index (κ3) is 3.35. The summed E-state index contributed by atoms with van der Waals surface area (Å²) in [6, 6.07) is 0.404. The largest absolute Gasteiger partial charge is 0.480 e. The van der Waals surface area contributed by atoms with Crippen molar-refractivity contribution in [1.82, 2.24) is 4.90 Å². The van der Waals surface area contributed by atoms with E-state index >= 15 is 0 Å². The summed E-state index contributed by atoms with van der Waals surface area (Å²) in [5.74, 6) is 0.120. The molecule has 0 aromatic rings. The first-order valence-corrected chi connectivity index (χ1v) is 5.01. The van der Waals surface area contributed by atoms with E-state index in [1.165, 1.54) is 19.3 Å². The van der Waals surface area contributed by atoms with Gasteiger partial charge in [0, 0.05) is 6.04 Å². The van der Waals surface area contributed by atoms with Crippen LogP contribution < -0.4 is 0 Å². The lowest BCUT2D eigenvalue weighted by Gasteiger charge is -2.31. The number of carbonyl (C=O) groups is 1. The van der Waals surface area contributed by atoms with Gasteiger partial charge in [-0.05, 0) is 26.3 Å². The van der Waals surface area contributed by atoms with Gasteiger partial charge in [0.2, 0.25) is 0 Å². The van der Waals surface area contributed by atoms with Gasteiger partial charge in [-0.25, -0.2) is 0 Å². The van der Waals surface area contributed by atoms with E-state index in [4.69, 9.17) is 5.11 Å². The van der Waals surface area contributed by atoms with E-state index in [2.05, 4.69) is 6.92 Å². The molecule has 0 heterocycles. The number of carboxylic acids is 1. The Balaban J connectivity index is 2.20. The second-order valence-corrected chi connectivity index (χ2v) is 4.19. The van der Waals surface area contributed by atoms with E-state index in [0.717, 1.165) is 12.3 Å². The molecule has 1 saturated carbocycles. The predicted molar refractivity (Wildman–Crippen MR) is 51.7 cm³/mol. The summed E-state index contributed by atoms with van der Waals surface area (Å²) in [5, 5.41) is 8.60. The molecule has 0 aromatic carbocycles. The summed E-state index contributed by atoms with van der Waals surface area (Å²) in [4.78, 5) is 12.4.